The maximum absolute atomic E-state index is 12.6. The molecule has 0 amide bonds. The molecule has 1 aromatic carbocycles. The lowest BCUT2D eigenvalue weighted by Gasteiger charge is -2.20. The summed E-state index contributed by atoms with van der Waals surface area (Å²) < 4.78 is 5.46. The summed E-state index contributed by atoms with van der Waals surface area (Å²) in [6.45, 7) is 8.39. The minimum atomic E-state index is -1.05. The third-order valence-corrected chi connectivity index (χ3v) is 3.27. The molecular formula is C17H25NO4. The van der Waals surface area contributed by atoms with E-state index in [2.05, 4.69) is 18.7 Å². The number of carboxylic acid groups (broad SMARTS) is 1. The van der Waals surface area contributed by atoms with Crippen LogP contribution in [0.5, 0.6) is 5.75 Å². The Morgan fingerprint density at radius 1 is 1.14 bits per heavy atom. The Morgan fingerprint density at radius 2 is 1.77 bits per heavy atom. The van der Waals surface area contributed by atoms with E-state index >= 15 is 0 Å². The van der Waals surface area contributed by atoms with Gasteiger partial charge in [0.2, 0.25) is 0 Å². The average molecular weight is 307 g/mol. The van der Waals surface area contributed by atoms with E-state index in [4.69, 9.17) is 9.84 Å². The number of rotatable bonds is 10. The Bertz CT molecular complexity index is 507. The zero-order valence-corrected chi connectivity index (χ0v) is 13.6. The first kappa shape index (κ1) is 18.2. The number of nitrogens with zero attached hydrogens (tertiary/aromatic N) is 1. The zero-order valence-electron chi connectivity index (χ0n) is 13.6. The molecule has 0 atom stereocenters. The molecule has 22 heavy (non-hydrogen) atoms. The molecule has 0 aliphatic heterocycles. The minimum absolute atomic E-state index is 0.101. The summed E-state index contributed by atoms with van der Waals surface area (Å²) in [5.41, 5.74) is 0.447. The van der Waals surface area contributed by atoms with Crippen molar-refractivity contribution in [3.63, 3.8) is 0 Å². The van der Waals surface area contributed by atoms with Gasteiger partial charge in [0.15, 0.2) is 5.78 Å². The minimum Gasteiger partial charge on any atom is -0.493 e. The van der Waals surface area contributed by atoms with Gasteiger partial charge < -0.3 is 9.84 Å². The molecule has 1 rings (SSSR count). The lowest BCUT2D eigenvalue weighted by molar-refractivity contribution is 0.0697. The fourth-order valence-corrected chi connectivity index (χ4v) is 2.35. The lowest BCUT2D eigenvalue weighted by atomic mass is 10.0. The fourth-order valence-electron chi connectivity index (χ4n) is 2.35. The molecular weight excluding hydrogens is 282 g/mol. The molecule has 0 fully saturated rings. The second kappa shape index (κ2) is 9.20. The van der Waals surface area contributed by atoms with Crippen molar-refractivity contribution < 1.29 is 19.4 Å². The third kappa shape index (κ3) is 5.15. The fraction of sp³-hybridized carbons (Fsp3) is 0.529. The van der Waals surface area contributed by atoms with Crippen molar-refractivity contribution in [1.82, 2.24) is 4.90 Å². The molecule has 1 N–H and O–H groups in total. The van der Waals surface area contributed by atoms with Crippen LogP contribution in [0.3, 0.4) is 0 Å². The molecule has 0 unspecified atom stereocenters. The smallest absolute Gasteiger partial charge is 0.335 e. The van der Waals surface area contributed by atoms with Crippen molar-refractivity contribution in [2.24, 2.45) is 0 Å². The van der Waals surface area contributed by atoms with Gasteiger partial charge >= 0.3 is 5.97 Å². The molecule has 0 spiro atoms. The van der Waals surface area contributed by atoms with E-state index in [1.54, 1.807) is 6.07 Å². The Hall–Kier alpha value is -1.88. The van der Waals surface area contributed by atoms with Crippen molar-refractivity contribution in [3.8, 4) is 5.75 Å². The molecule has 0 radical (unpaired) electrons. The van der Waals surface area contributed by atoms with Gasteiger partial charge in [-0.15, -0.1) is 0 Å². The molecule has 0 saturated carbocycles. The van der Waals surface area contributed by atoms with Gasteiger partial charge in [0.1, 0.15) is 5.75 Å². The predicted octanol–water partition coefficient (Wildman–Crippen LogP) is 3.09. The monoisotopic (exact) mass is 307 g/mol. The molecule has 5 heteroatoms. The summed E-state index contributed by atoms with van der Waals surface area (Å²) in [5.74, 6) is -0.699. The summed E-state index contributed by atoms with van der Waals surface area (Å²) >= 11 is 0. The van der Waals surface area contributed by atoms with Crippen LogP contribution in [0.25, 0.3) is 0 Å². The molecule has 122 valence electrons. The molecule has 0 bridgehead atoms. The van der Waals surface area contributed by atoms with Gasteiger partial charge in [-0.05, 0) is 51.1 Å². The molecule has 0 heterocycles. The first-order valence-electron chi connectivity index (χ1n) is 7.79. The Kier molecular flexibility index (Phi) is 7.60. The van der Waals surface area contributed by atoms with Crippen LogP contribution in [0.2, 0.25) is 0 Å². The number of benzene rings is 1. The van der Waals surface area contributed by atoms with Crippen LogP contribution < -0.4 is 4.74 Å². The molecule has 0 saturated heterocycles. The van der Waals surface area contributed by atoms with Crippen LogP contribution in [-0.4, -0.2) is 48.0 Å². The number of Topliss-reactive ketones (excluding diaryl/α,β-unsaturated/α-hetero) is 1. The second-order valence-corrected chi connectivity index (χ2v) is 5.15. The number of hydrogen-bond acceptors (Lipinski definition) is 4. The Morgan fingerprint density at radius 3 is 2.27 bits per heavy atom. The molecule has 5 nitrogen and oxygen atoms in total. The van der Waals surface area contributed by atoms with Crippen LogP contribution in [0.15, 0.2) is 18.2 Å². The van der Waals surface area contributed by atoms with Crippen LogP contribution >= 0.6 is 0 Å². The SMILES string of the molecule is CCCN(CCC)CC(=O)c1cc(C(=O)O)ccc1OCC. The van der Waals surface area contributed by atoms with Gasteiger partial charge in [0, 0.05) is 0 Å². The number of ether oxygens (including phenoxy) is 1. The van der Waals surface area contributed by atoms with Crippen molar-refractivity contribution >= 4 is 11.8 Å². The normalized spacial score (nSPS) is 10.7. The Labute approximate surface area is 131 Å². The summed E-state index contributed by atoms with van der Waals surface area (Å²) in [7, 11) is 0. The highest BCUT2D eigenvalue weighted by atomic mass is 16.5. The summed E-state index contributed by atoms with van der Waals surface area (Å²) in [6, 6.07) is 4.43. The van der Waals surface area contributed by atoms with E-state index in [1.807, 2.05) is 6.92 Å². The maximum Gasteiger partial charge on any atom is 0.335 e. The maximum atomic E-state index is 12.6. The van der Waals surface area contributed by atoms with Crippen molar-refractivity contribution in [3.05, 3.63) is 29.3 Å². The zero-order chi connectivity index (χ0) is 16.5. The highest BCUT2D eigenvalue weighted by molar-refractivity contribution is 6.02. The first-order chi connectivity index (χ1) is 10.5. The third-order valence-electron chi connectivity index (χ3n) is 3.27. The Balaban J connectivity index is 3.02. The summed E-state index contributed by atoms with van der Waals surface area (Å²) in [5, 5.41) is 9.10. The van der Waals surface area contributed by atoms with Crippen molar-refractivity contribution in [1.29, 1.82) is 0 Å². The van der Waals surface area contributed by atoms with Gasteiger partial charge in [0.25, 0.3) is 0 Å². The average Bonchev–Trinajstić information content (AvgIpc) is 2.48. The topological polar surface area (TPSA) is 66.8 Å². The quantitative estimate of drug-likeness (QED) is 0.673. The number of hydrogen-bond donors (Lipinski definition) is 1. The summed E-state index contributed by atoms with van der Waals surface area (Å²) in [6.07, 6.45) is 1.95. The number of carbonyl (C=O) groups is 2. The van der Waals surface area contributed by atoms with E-state index in [9.17, 15) is 9.59 Å². The van der Waals surface area contributed by atoms with Crippen molar-refractivity contribution in [2.75, 3.05) is 26.2 Å². The first-order valence-corrected chi connectivity index (χ1v) is 7.79. The highest BCUT2D eigenvalue weighted by Gasteiger charge is 2.18. The van der Waals surface area contributed by atoms with Crippen LogP contribution in [0.1, 0.15) is 54.3 Å². The van der Waals surface area contributed by atoms with Gasteiger partial charge in [-0.3, -0.25) is 9.69 Å². The van der Waals surface area contributed by atoms with E-state index in [-0.39, 0.29) is 17.9 Å². The van der Waals surface area contributed by atoms with Crippen molar-refractivity contribution in [2.45, 2.75) is 33.6 Å². The van der Waals surface area contributed by atoms with E-state index in [0.717, 1.165) is 25.9 Å². The van der Waals surface area contributed by atoms with Gasteiger partial charge in [-0.25, -0.2) is 4.79 Å². The van der Waals surface area contributed by atoms with Crippen LogP contribution in [0, 0.1) is 0 Å². The molecule has 0 aromatic heterocycles. The van der Waals surface area contributed by atoms with E-state index in [1.165, 1.54) is 12.1 Å². The van der Waals surface area contributed by atoms with Gasteiger partial charge in [-0.2, -0.15) is 0 Å². The number of carbonyl (C=O) groups excluding carboxylic acids is 1. The standard InChI is InChI=1S/C17H25NO4/c1-4-9-18(10-5-2)12-15(19)14-11-13(17(20)21)7-8-16(14)22-6-3/h7-8,11H,4-6,9-10,12H2,1-3H3,(H,20,21). The molecule has 1 aromatic rings. The highest BCUT2D eigenvalue weighted by Crippen LogP contribution is 2.21. The van der Waals surface area contributed by atoms with Crippen LogP contribution in [-0.2, 0) is 0 Å². The summed E-state index contributed by atoms with van der Waals surface area (Å²) in [4.78, 5) is 25.8. The molecule has 0 aliphatic carbocycles. The lowest BCUT2D eigenvalue weighted by Crippen LogP contribution is -2.31. The number of ketones is 1. The number of aromatic carboxylic acids is 1. The van der Waals surface area contributed by atoms with Gasteiger partial charge in [-0.1, -0.05) is 13.8 Å². The largest absolute Gasteiger partial charge is 0.493 e. The second-order valence-electron chi connectivity index (χ2n) is 5.15. The molecule has 0 aliphatic rings. The predicted molar refractivity (Wildman–Crippen MR) is 85.9 cm³/mol. The number of carboxylic acids is 1. The van der Waals surface area contributed by atoms with Gasteiger partial charge in [0.05, 0.1) is 24.3 Å². The van der Waals surface area contributed by atoms with E-state index in [0.29, 0.717) is 17.9 Å². The van der Waals surface area contributed by atoms with Crippen LogP contribution in [0.4, 0.5) is 0 Å². The van der Waals surface area contributed by atoms with E-state index < -0.39 is 5.97 Å².